The number of hydrogen-bond donors (Lipinski definition) is 1. The summed E-state index contributed by atoms with van der Waals surface area (Å²) in [4.78, 5) is 0. The minimum absolute atomic E-state index is 0.248. The van der Waals surface area contributed by atoms with Gasteiger partial charge in [-0.3, -0.25) is 0 Å². The molecule has 0 bridgehead atoms. The molecule has 2 aromatic rings. The summed E-state index contributed by atoms with van der Waals surface area (Å²) in [5.74, 6) is -0.248. The SMILES string of the molecule is Cc1ccc(CC(C)(O)Cc2ccc(F)cc2)cc1C. The Morgan fingerprint density at radius 1 is 0.900 bits per heavy atom. The first kappa shape index (κ1) is 14.7. The zero-order valence-electron chi connectivity index (χ0n) is 12.3. The highest BCUT2D eigenvalue weighted by atomic mass is 19.1. The molecule has 0 amide bonds. The first-order valence-electron chi connectivity index (χ1n) is 6.89. The molecule has 1 unspecified atom stereocenters. The van der Waals surface area contributed by atoms with Crippen LogP contribution in [0.3, 0.4) is 0 Å². The van der Waals surface area contributed by atoms with Crippen molar-refractivity contribution < 1.29 is 9.50 Å². The Morgan fingerprint density at radius 2 is 1.45 bits per heavy atom. The van der Waals surface area contributed by atoms with Gasteiger partial charge in [0.25, 0.3) is 0 Å². The van der Waals surface area contributed by atoms with E-state index in [0.717, 1.165) is 11.1 Å². The fourth-order valence-electron chi connectivity index (χ4n) is 2.46. The van der Waals surface area contributed by atoms with Crippen molar-refractivity contribution in [3.05, 3.63) is 70.5 Å². The number of halogens is 1. The molecule has 0 saturated heterocycles. The fourth-order valence-corrected chi connectivity index (χ4v) is 2.46. The Labute approximate surface area is 120 Å². The molecule has 2 heteroatoms. The molecule has 0 radical (unpaired) electrons. The number of hydrogen-bond acceptors (Lipinski definition) is 1. The van der Waals surface area contributed by atoms with Crippen molar-refractivity contribution in [1.29, 1.82) is 0 Å². The summed E-state index contributed by atoms with van der Waals surface area (Å²) < 4.78 is 12.9. The van der Waals surface area contributed by atoms with Crippen molar-refractivity contribution in [3.63, 3.8) is 0 Å². The molecular weight excluding hydrogens is 251 g/mol. The van der Waals surface area contributed by atoms with Gasteiger partial charge in [0.1, 0.15) is 5.82 Å². The standard InChI is InChI=1S/C18H21FO/c1-13-4-5-16(10-14(13)2)12-18(3,20)11-15-6-8-17(19)9-7-15/h4-10,20H,11-12H2,1-3H3. The van der Waals surface area contributed by atoms with Crippen molar-refractivity contribution in [3.8, 4) is 0 Å². The summed E-state index contributed by atoms with van der Waals surface area (Å²) in [6, 6.07) is 12.6. The largest absolute Gasteiger partial charge is 0.389 e. The third kappa shape index (κ3) is 3.91. The molecule has 1 atom stereocenters. The van der Waals surface area contributed by atoms with Gasteiger partial charge in [-0.25, -0.2) is 4.39 Å². The topological polar surface area (TPSA) is 20.2 Å². The third-order valence-electron chi connectivity index (χ3n) is 3.65. The van der Waals surface area contributed by atoms with Gasteiger partial charge < -0.3 is 5.11 Å². The van der Waals surface area contributed by atoms with Crippen molar-refractivity contribution in [2.45, 2.75) is 39.2 Å². The zero-order chi connectivity index (χ0) is 14.8. The Morgan fingerprint density at radius 3 is 2.05 bits per heavy atom. The van der Waals surface area contributed by atoms with E-state index < -0.39 is 5.60 Å². The van der Waals surface area contributed by atoms with E-state index in [0.29, 0.717) is 12.8 Å². The summed E-state index contributed by atoms with van der Waals surface area (Å²) in [5, 5.41) is 10.6. The lowest BCUT2D eigenvalue weighted by atomic mass is 9.89. The van der Waals surface area contributed by atoms with Gasteiger partial charge in [-0.2, -0.15) is 0 Å². The average Bonchev–Trinajstić information content (AvgIpc) is 2.36. The Hall–Kier alpha value is -1.67. The predicted molar refractivity (Wildman–Crippen MR) is 80.3 cm³/mol. The highest BCUT2D eigenvalue weighted by molar-refractivity contribution is 5.31. The lowest BCUT2D eigenvalue weighted by Crippen LogP contribution is -2.30. The van der Waals surface area contributed by atoms with E-state index in [1.54, 1.807) is 12.1 Å². The van der Waals surface area contributed by atoms with Gasteiger partial charge in [0.15, 0.2) is 0 Å². The maximum absolute atomic E-state index is 12.9. The van der Waals surface area contributed by atoms with Crippen LogP contribution in [0.2, 0.25) is 0 Å². The second-order valence-corrected chi connectivity index (χ2v) is 5.90. The minimum atomic E-state index is -0.834. The van der Waals surface area contributed by atoms with Crippen molar-refractivity contribution >= 4 is 0 Å². The molecule has 0 saturated carbocycles. The smallest absolute Gasteiger partial charge is 0.123 e. The van der Waals surface area contributed by atoms with E-state index in [4.69, 9.17) is 0 Å². The summed E-state index contributed by atoms with van der Waals surface area (Å²) >= 11 is 0. The van der Waals surface area contributed by atoms with Gasteiger partial charge in [-0.1, -0.05) is 30.3 Å². The van der Waals surface area contributed by atoms with Gasteiger partial charge in [-0.15, -0.1) is 0 Å². The molecule has 2 rings (SSSR count). The van der Waals surface area contributed by atoms with Crippen LogP contribution in [0, 0.1) is 19.7 Å². The van der Waals surface area contributed by atoms with E-state index in [2.05, 4.69) is 32.0 Å². The highest BCUT2D eigenvalue weighted by Gasteiger charge is 2.21. The molecule has 0 aliphatic carbocycles. The van der Waals surface area contributed by atoms with Gasteiger partial charge in [0, 0.05) is 12.8 Å². The van der Waals surface area contributed by atoms with Crippen LogP contribution < -0.4 is 0 Å². The van der Waals surface area contributed by atoms with Crippen molar-refractivity contribution in [1.82, 2.24) is 0 Å². The van der Waals surface area contributed by atoms with Gasteiger partial charge in [0.05, 0.1) is 5.60 Å². The van der Waals surface area contributed by atoms with E-state index in [-0.39, 0.29) is 5.82 Å². The Kier molecular flexibility index (Phi) is 4.24. The molecule has 0 fully saturated rings. The van der Waals surface area contributed by atoms with Crippen LogP contribution >= 0.6 is 0 Å². The number of aryl methyl sites for hydroxylation is 2. The Bertz CT molecular complexity index is 585. The van der Waals surface area contributed by atoms with Gasteiger partial charge in [-0.05, 0) is 55.2 Å². The Balaban J connectivity index is 2.09. The molecule has 0 aromatic heterocycles. The molecule has 0 heterocycles. The van der Waals surface area contributed by atoms with E-state index in [9.17, 15) is 9.50 Å². The van der Waals surface area contributed by atoms with Crippen LogP contribution in [0.15, 0.2) is 42.5 Å². The van der Waals surface area contributed by atoms with Crippen LogP contribution in [0.4, 0.5) is 4.39 Å². The van der Waals surface area contributed by atoms with E-state index in [1.807, 2.05) is 6.92 Å². The summed E-state index contributed by atoms with van der Waals surface area (Å²) in [5.41, 5.74) is 3.73. The number of benzene rings is 2. The molecule has 2 aromatic carbocycles. The maximum Gasteiger partial charge on any atom is 0.123 e. The maximum atomic E-state index is 12.9. The summed E-state index contributed by atoms with van der Waals surface area (Å²) in [7, 11) is 0. The van der Waals surface area contributed by atoms with Crippen LogP contribution in [-0.2, 0) is 12.8 Å². The van der Waals surface area contributed by atoms with Gasteiger partial charge >= 0.3 is 0 Å². The second-order valence-electron chi connectivity index (χ2n) is 5.90. The molecule has 20 heavy (non-hydrogen) atoms. The highest BCUT2D eigenvalue weighted by Crippen LogP contribution is 2.20. The molecule has 0 aliphatic heterocycles. The lowest BCUT2D eigenvalue weighted by molar-refractivity contribution is 0.0608. The first-order valence-corrected chi connectivity index (χ1v) is 6.89. The first-order chi connectivity index (χ1) is 9.35. The lowest BCUT2D eigenvalue weighted by Gasteiger charge is -2.24. The van der Waals surface area contributed by atoms with Crippen LogP contribution in [0.25, 0.3) is 0 Å². The number of aliphatic hydroxyl groups is 1. The van der Waals surface area contributed by atoms with E-state index >= 15 is 0 Å². The van der Waals surface area contributed by atoms with Crippen LogP contribution in [-0.4, -0.2) is 10.7 Å². The molecule has 1 nitrogen and oxygen atoms in total. The van der Waals surface area contributed by atoms with Crippen LogP contribution in [0.1, 0.15) is 29.2 Å². The summed E-state index contributed by atoms with van der Waals surface area (Å²) in [6.07, 6.45) is 1.10. The zero-order valence-corrected chi connectivity index (χ0v) is 12.3. The predicted octanol–water partition coefficient (Wildman–Crippen LogP) is 3.98. The third-order valence-corrected chi connectivity index (χ3v) is 3.65. The normalized spacial score (nSPS) is 14.1. The second kappa shape index (κ2) is 5.76. The quantitative estimate of drug-likeness (QED) is 0.892. The van der Waals surface area contributed by atoms with Crippen molar-refractivity contribution in [2.24, 2.45) is 0 Å². The molecule has 1 N–H and O–H groups in total. The van der Waals surface area contributed by atoms with Crippen molar-refractivity contribution in [2.75, 3.05) is 0 Å². The monoisotopic (exact) mass is 272 g/mol. The number of rotatable bonds is 4. The average molecular weight is 272 g/mol. The molecule has 0 spiro atoms. The van der Waals surface area contributed by atoms with E-state index in [1.165, 1.54) is 23.3 Å². The summed E-state index contributed by atoms with van der Waals surface area (Å²) in [6.45, 7) is 5.98. The molecule has 0 aliphatic rings. The van der Waals surface area contributed by atoms with Crippen LogP contribution in [0.5, 0.6) is 0 Å². The van der Waals surface area contributed by atoms with Gasteiger partial charge in [0.2, 0.25) is 0 Å². The minimum Gasteiger partial charge on any atom is -0.389 e. The molecular formula is C18H21FO. The molecule has 106 valence electrons. The fraction of sp³-hybridized carbons (Fsp3) is 0.333.